The normalized spacial score (nSPS) is 28.9. The summed E-state index contributed by atoms with van der Waals surface area (Å²) in [5, 5.41) is 22.8. The monoisotopic (exact) mass is 236 g/mol. The molecule has 0 saturated heterocycles. The van der Waals surface area contributed by atoms with Gasteiger partial charge in [0.25, 0.3) is 0 Å². The molecule has 1 aromatic rings. The minimum atomic E-state index is -0.665. The quantitative estimate of drug-likeness (QED) is 0.640. The smallest absolute Gasteiger partial charge is 0.117 e. The van der Waals surface area contributed by atoms with Crippen molar-refractivity contribution < 1.29 is 10.2 Å². The molecule has 0 amide bonds. The fourth-order valence-corrected chi connectivity index (χ4v) is 2.24. The molecule has 94 valence electrons. The molecule has 17 heavy (non-hydrogen) atoms. The summed E-state index contributed by atoms with van der Waals surface area (Å²) in [4.78, 5) is 0. The number of phenols is 1. The lowest BCUT2D eigenvalue weighted by molar-refractivity contribution is 0.0122. The highest BCUT2D eigenvalue weighted by atomic mass is 16.3. The molecule has 0 spiro atoms. The van der Waals surface area contributed by atoms with Crippen LogP contribution in [0.15, 0.2) is 24.3 Å². The molecular weight excluding hydrogens is 216 g/mol. The maximum atomic E-state index is 10.3. The third-order valence-electron chi connectivity index (χ3n) is 3.43. The molecule has 0 heterocycles. The Bertz CT molecular complexity index is 373. The van der Waals surface area contributed by atoms with Crippen molar-refractivity contribution in [2.24, 2.45) is 5.73 Å². The van der Waals surface area contributed by atoms with E-state index < -0.39 is 5.60 Å². The maximum Gasteiger partial charge on any atom is 0.117 e. The number of nitrogens with two attached hydrogens (primary N) is 1. The molecule has 0 aromatic heterocycles. The van der Waals surface area contributed by atoms with Gasteiger partial charge < -0.3 is 21.3 Å². The Morgan fingerprint density at radius 1 is 1.35 bits per heavy atom. The van der Waals surface area contributed by atoms with Crippen LogP contribution < -0.4 is 11.1 Å². The number of hydrogen-bond donors (Lipinski definition) is 4. The SMILES string of the molecule is NC1CCC(O)(CNc2cccc(O)c2)CC1. The predicted octanol–water partition coefficient (Wildman–Crippen LogP) is 1.44. The van der Waals surface area contributed by atoms with Crippen molar-refractivity contribution in [3.05, 3.63) is 24.3 Å². The topological polar surface area (TPSA) is 78.5 Å². The molecule has 0 unspecified atom stereocenters. The molecule has 2 rings (SSSR count). The van der Waals surface area contributed by atoms with E-state index in [0.717, 1.165) is 31.4 Å². The average molecular weight is 236 g/mol. The first-order valence-corrected chi connectivity index (χ1v) is 6.08. The zero-order chi connectivity index (χ0) is 12.3. The molecule has 0 aliphatic heterocycles. The number of hydrogen-bond acceptors (Lipinski definition) is 4. The summed E-state index contributed by atoms with van der Waals surface area (Å²) in [6.45, 7) is 0.503. The summed E-state index contributed by atoms with van der Waals surface area (Å²) in [6.07, 6.45) is 3.22. The summed E-state index contributed by atoms with van der Waals surface area (Å²) in [6, 6.07) is 7.16. The van der Waals surface area contributed by atoms with E-state index in [1.807, 2.05) is 6.07 Å². The Morgan fingerprint density at radius 2 is 2.06 bits per heavy atom. The first kappa shape index (κ1) is 12.2. The van der Waals surface area contributed by atoms with Gasteiger partial charge in [-0.05, 0) is 37.8 Å². The molecule has 1 aliphatic rings. The third kappa shape index (κ3) is 3.35. The van der Waals surface area contributed by atoms with Crippen molar-refractivity contribution in [3.63, 3.8) is 0 Å². The molecular formula is C13H20N2O2. The van der Waals surface area contributed by atoms with Gasteiger partial charge in [-0.15, -0.1) is 0 Å². The van der Waals surface area contributed by atoms with E-state index in [2.05, 4.69) is 5.32 Å². The van der Waals surface area contributed by atoms with Gasteiger partial charge in [-0.25, -0.2) is 0 Å². The van der Waals surface area contributed by atoms with Crippen LogP contribution in [0.4, 0.5) is 5.69 Å². The fraction of sp³-hybridized carbons (Fsp3) is 0.538. The van der Waals surface area contributed by atoms with E-state index in [1.165, 1.54) is 0 Å². The average Bonchev–Trinajstić information content (AvgIpc) is 2.31. The Labute approximate surface area is 101 Å². The van der Waals surface area contributed by atoms with Gasteiger partial charge in [0.15, 0.2) is 0 Å². The van der Waals surface area contributed by atoms with Crippen molar-refractivity contribution in [1.82, 2.24) is 0 Å². The number of benzene rings is 1. The van der Waals surface area contributed by atoms with Crippen molar-refractivity contribution in [2.75, 3.05) is 11.9 Å². The molecule has 0 atom stereocenters. The summed E-state index contributed by atoms with van der Waals surface area (Å²) >= 11 is 0. The second-order valence-corrected chi connectivity index (χ2v) is 4.97. The van der Waals surface area contributed by atoms with Crippen LogP contribution in [0, 0.1) is 0 Å². The first-order valence-electron chi connectivity index (χ1n) is 6.08. The lowest BCUT2D eigenvalue weighted by Gasteiger charge is -2.35. The van der Waals surface area contributed by atoms with Crippen molar-refractivity contribution in [2.45, 2.75) is 37.3 Å². The van der Waals surface area contributed by atoms with Crippen molar-refractivity contribution >= 4 is 5.69 Å². The fourth-order valence-electron chi connectivity index (χ4n) is 2.24. The second-order valence-electron chi connectivity index (χ2n) is 4.97. The van der Waals surface area contributed by atoms with E-state index in [4.69, 9.17) is 5.73 Å². The molecule has 5 N–H and O–H groups in total. The van der Waals surface area contributed by atoms with Crippen LogP contribution >= 0.6 is 0 Å². The van der Waals surface area contributed by atoms with Crippen molar-refractivity contribution in [1.29, 1.82) is 0 Å². The second kappa shape index (κ2) is 4.94. The van der Waals surface area contributed by atoms with Gasteiger partial charge in [0.05, 0.1) is 5.60 Å². The molecule has 4 nitrogen and oxygen atoms in total. The predicted molar refractivity (Wildman–Crippen MR) is 68.0 cm³/mol. The zero-order valence-corrected chi connectivity index (χ0v) is 9.89. The van der Waals surface area contributed by atoms with Crippen molar-refractivity contribution in [3.8, 4) is 5.75 Å². The Hall–Kier alpha value is -1.26. The van der Waals surface area contributed by atoms with Crippen LogP contribution in [0.25, 0.3) is 0 Å². The molecule has 4 heteroatoms. The minimum absolute atomic E-state index is 0.229. The van der Waals surface area contributed by atoms with Crippen LogP contribution in [-0.2, 0) is 0 Å². The zero-order valence-electron chi connectivity index (χ0n) is 9.89. The van der Waals surface area contributed by atoms with E-state index in [-0.39, 0.29) is 11.8 Å². The van der Waals surface area contributed by atoms with Gasteiger partial charge in [0.2, 0.25) is 0 Å². The number of rotatable bonds is 3. The van der Waals surface area contributed by atoms with Crippen LogP contribution in [-0.4, -0.2) is 28.4 Å². The molecule has 1 aliphatic carbocycles. The van der Waals surface area contributed by atoms with E-state index >= 15 is 0 Å². The van der Waals surface area contributed by atoms with Gasteiger partial charge in [-0.1, -0.05) is 6.07 Å². The Balaban J connectivity index is 1.89. The highest BCUT2D eigenvalue weighted by Gasteiger charge is 2.31. The minimum Gasteiger partial charge on any atom is -0.508 e. The number of nitrogens with one attached hydrogen (secondary N) is 1. The van der Waals surface area contributed by atoms with Gasteiger partial charge >= 0.3 is 0 Å². The van der Waals surface area contributed by atoms with Crippen LogP contribution in [0.2, 0.25) is 0 Å². The lowest BCUT2D eigenvalue weighted by Crippen LogP contribution is -2.43. The van der Waals surface area contributed by atoms with Gasteiger partial charge in [-0.3, -0.25) is 0 Å². The number of aromatic hydroxyl groups is 1. The number of phenolic OH excluding ortho intramolecular Hbond substituents is 1. The summed E-state index contributed by atoms with van der Waals surface area (Å²) < 4.78 is 0. The van der Waals surface area contributed by atoms with Gasteiger partial charge in [0, 0.05) is 24.3 Å². The molecule has 1 saturated carbocycles. The third-order valence-corrected chi connectivity index (χ3v) is 3.43. The Morgan fingerprint density at radius 3 is 2.71 bits per heavy atom. The maximum absolute atomic E-state index is 10.3. The molecule has 1 fully saturated rings. The van der Waals surface area contributed by atoms with Gasteiger partial charge in [0.1, 0.15) is 5.75 Å². The van der Waals surface area contributed by atoms with E-state index in [9.17, 15) is 10.2 Å². The number of anilines is 1. The lowest BCUT2D eigenvalue weighted by atomic mass is 9.82. The standard InChI is InChI=1S/C13H20N2O2/c14-10-4-6-13(17,7-5-10)9-15-11-2-1-3-12(16)8-11/h1-3,8,10,15-17H,4-7,9,14H2. The summed E-state index contributed by atoms with van der Waals surface area (Å²) in [5.41, 5.74) is 5.98. The highest BCUT2D eigenvalue weighted by Crippen LogP contribution is 2.28. The van der Waals surface area contributed by atoms with Crippen LogP contribution in [0.5, 0.6) is 5.75 Å². The first-order chi connectivity index (χ1) is 8.07. The molecule has 1 aromatic carbocycles. The molecule has 0 bridgehead atoms. The van der Waals surface area contributed by atoms with E-state index in [0.29, 0.717) is 6.54 Å². The van der Waals surface area contributed by atoms with E-state index in [1.54, 1.807) is 18.2 Å². The summed E-state index contributed by atoms with van der Waals surface area (Å²) in [5.74, 6) is 0.229. The largest absolute Gasteiger partial charge is 0.508 e. The van der Waals surface area contributed by atoms with Crippen LogP contribution in [0.3, 0.4) is 0 Å². The Kier molecular flexibility index (Phi) is 3.54. The number of aliphatic hydroxyl groups is 1. The highest BCUT2D eigenvalue weighted by molar-refractivity contribution is 5.47. The van der Waals surface area contributed by atoms with Gasteiger partial charge in [-0.2, -0.15) is 0 Å². The molecule has 0 radical (unpaired) electrons. The van der Waals surface area contributed by atoms with Crippen LogP contribution in [0.1, 0.15) is 25.7 Å². The summed E-state index contributed by atoms with van der Waals surface area (Å²) in [7, 11) is 0.